The Labute approximate surface area is 122 Å². The van der Waals surface area contributed by atoms with Gasteiger partial charge in [-0.1, -0.05) is 29.8 Å². The second-order valence-corrected chi connectivity index (χ2v) is 5.04. The Morgan fingerprint density at radius 3 is 2.55 bits per heavy atom. The summed E-state index contributed by atoms with van der Waals surface area (Å²) in [6.07, 6.45) is 0.989. The molecule has 0 saturated heterocycles. The first-order valence-electron chi connectivity index (χ1n) is 6.33. The zero-order valence-electron chi connectivity index (χ0n) is 11.1. The smallest absolute Gasteiger partial charge is 0.129 e. The molecule has 3 nitrogen and oxygen atoms in total. The summed E-state index contributed by atoms with van der Waals surface area (Å²) in [7, 11) is 0. The lowest BCUT2D eigenvalue weighted by atomic mass is 10.0. The molecule has 1 aromatic carbocycles. The summed E-state index contributed by atoms with van der Waals surface area (Å²) in [6, 6.07) is 9.28. The maximum Gasteiger partial charge on any atom is 0.129 e. The molecule has 2 aromatic rings. The van der Waals surface area contributed by atoms with Gasteiger partial charge in [0.15, 0.2) is 0 Å². The van der Waals surface area contributed by atoms with Gasteiger partial charge in [0.2, 0.25) is 0 Å². The van der Waals surface area contributed by atoms with Crippen LogP contribution < -0.4 is 5.32 Å². The van der Waals surface area contributed by atoms with Crippen molar-refractivity contribution in [2.45, 2.75) is 25.6 Å². The van der Waals surface area contributed by atoms with Crippen LogP contribution in [-0.4, -0.2) is 16.1 Å². The molecule has 0 aliphatic heterocycles. The Balaban J connectivity index is 1.92. The van der Waals surface area contributed by atoms with Crippen LogP contribution in [0.25, 0.3) is 0 Å². The number of nitrogens with zero attached hydrogens (tertiary/aromatic N) is 1. The quantitative estimate of drug-likeness (QED) is 0.833. The first kappa shape index (κ1) is 14.9. The maximum absolute atomic E-state index is 12.8. The summed E-state index contributed by atoms with van der Waals surface area (Å²) >= 11 is 5.72. The molecule has 2 unspecified atom stereocenters. The van der Waals surface area contributed by atoms with E-state index in [9.17, 15) is 9.50 Å². The Bertz CT molecular complexity index is 545. The molecule has 2 rings (SSSR count). The fourth-order valence-corrected chi connectivity index (χ4v) is 1.96. The van der Waals surface area contributed by atoms with Crippen molar-refractivity contribution in [1.82, 2.24) is 10.3 Å². The zero-order valence-corrected chi connectivity index (χ0v) is 11.8. The normalized spacial score (nSPS) is 14.0. The van der Waals surface area contributed by atoms with E-state index in [0.717, 1.165) is 5.56 Å². The lowest BCUT2D eigenvalue weighted by molar-refractivity contribution is 0.135. The molecule has 2 N–H and O–H groups in total. The number of aliphatic hydroxyl groups is 1. The third kappa shape index (κ3) is 4.00. The van der Waals surface area contributed by atoms with E-state index in [0.29, 0.717) is 17.3 Å². The summed E-state index contributed by atoms with van der Waals surface area (Å²) in [4.78, 5) is 3.99. The summed E-state index contributed by atoms with van der Waals surface area (Å²) in [5.74, 6) is -0.311. The van der Waals surface area contributed by atoms with Gasteiger partial charge in [-0.25, -0.2) is 9.37 Å². The second kappa shape index (κ2) is 6.79. The predicted molar refractivity (Wildman–Crippen MR) is 76.9 cm³/mol. The van der Waals surface area contributed by atoms with Crippen LogP contribution in [0.2, 0.25) is 5.15 Å². The molecule has 0 fully saturated rings. The van der Waals surface area contributed by atoms with Crippen molar-refractivity contribution in [3.63, 3.8) is 0 Å². The van der Waals surface area contributed by atoms with Crippen molar-refractivity contribution in [2.75, 3.05) is 0 Å². The van der Waals surface area contributed by atoms with Crippen molar-refractivity contribution in [1.29, 1.82) is 0 Å². The first-order chi connectivity index (χ1) is 9.56. The highest BCUT2D eigenvalue weighted by Crippen LogP contribution is 2.17. The molecule has 0 aliphatic carbocycles. The number of halogens is 2. The van der Waals surface area contributed by atoms with Gasteiger partial charge in [-0.3, -0.25) is 0 Å². The highest BCUT2D eigenvalue weighted by molar-refractivity contribution is 6.29. The average molecular weight is 295 g/mol. The molecule has 0 amide bonds. The SMILES string of the molecule is CC(NCc1ccc(Cl)nc1)C(O)c1ccc(F)cc1. The van der Waals surface area contributed by atoms with Gasteiger partial charge in [-0.15, -0.1) is 0 Å². The minimum Gasteiger partial charge on any atom is -0.387 e. The lowest BCUT2D eigenvalue weighted by Crippen LogP contribution is -2.31. The van der Waals surface area contributed by atoms with Gasteiger partial charge in [0.25, 0.3) is 0 Å². The molecule has 0 aliphatic rings. The molecular formula is C15H16ClFN2O. The molecule has 0 spiro atoms. The van der Waals surface area contributed by atoms with Crippen LogP contribution in [0.4, 0.5) is 4.39 Å². The van der Waals surface area contributed by atoms with E-state index in [1.54, 1.807) is 24.4 Å². The standard InChI is InChI=1S/C15H16ClFN2O/c1-10(15(20)12-3-5-13(17)6-4-12)18-8-11-2-7-14(16)19-9-11/h2-7,9-10,15,18,20H,8H2,1H3. The molecule has 20 heavy (non-hydrogen) atoms. The largest absolute Gasteiger partial charge is 0.387 e. The van der Waals surface area contributed by atoms with Gasteiger partial charge in [-0.05, 0) is 36.2 Å². The van der Waals surface area contributed by atoms with Crippen LogP contribution in [0.5, 0.6) is 0 Å². The first-order valence-corrected chi connectivity index (χ1v) is 6.71. The molecule has 0 bridgehead atoms. The molecular weight excluding hydrogens is 279 g/mol. The van der Waals surface area contributed by atoms with E-state index in [4.69, 9.17) is 11.6 Å². The fourth-order valence-electron chi connectivity index (χ4n) is 1.85. The van der Waals surface area contributed by atoms with Gasteiger partial charge in [0, 0.05) is 18.8 Å². The number of hydrogen-bond donors (Lipinski definition) is 2. The van der Waals surface area contributed by atoms with E-state index in [1.807, 2.05) is 13.0 Å². The summed E-state index contributed by atoms with van der Waals surface area (Å²) in [5, 5.41) is 13.8. The van der Waals surface area contributed by atoms with Gasteiger partial charge in [-0.2, -0.15) is 0 Å². The highest BCUT2D eigenvalue weighted by Gasteiger charge is 2.15. The molecule has 0 saturated carbocycles. The average Bonchev–Trinajstić information content (AvgIpc) is 2.46. The van der Waals surface area contributed by atoms with Gasteiger partial charge < -0.3 is 10.4 Å². The van der Waals surface area contributed by atoms with Crippen LogP contribution in [-0.2, 0) is 6.54 Å². The predicted octanol–water partition coefficient (Wildman–Crippen LogP) is 3.09. The number of benzene rings is 1. The number of aromatic nitrogens is 1. The Hall–Kier alpha value is -1.49. The third-order valence-corrected chi connectivity index (χ3v) is 3.33. The van der Waals surface area contributed by atoms with Crippen LogP contribution in [0, 0.1) is 5.82 Å². The molecule has 5 heteroatoms. The van der Waals surface area contributed by atoms with Crippen molar-refractivity contribution in [3.05, 3.63) is 64.7 Å². The van der Waals surface area contributed by atoms with Gasteiger partial charge in [0.1, 0.15) is 11.0 Å². The number of nitrogens with one attached hydrogen (secondary N) is 1. The van der Waals surface area contributed by atoms with E-state index in [2.05, 4.69) is 10.3 Å². The molecule has 1 aromatic heterocycles. The van der Waals surface area contributed by atoms with E-state index in [1.165, 1.54) is 12.1 Å². The lowest BCUT2D eigenvalue weighted by Gasteiger charge is -2.20. The summed E-state index contributed by atoms with van der Waals surface area (Å²) in [5.41, 5.74) is 1.66. The van der Waals surface area contributed by atoms with E-state index >= 15 is 0 Å². The monoisotopic (exact) mass is 294 g/mol. The third-order valence-electron chi connectivity index (χ3n) is 3.10. The maximum atomic E-state index is 12.8. The molecule has 106 valence electrons. The Morgan fingerprint density at radius 2 is 1.95 bits per heavy atom. The molecule has 2 atom stereocenters. The summed E-state index contributed by atoms with van der Waals surface area (Å²) < 4.78 is 12.8. The van der Waals surface area contributed by atoms with Gasteiger partial charge in [0.05, 0.1) is 6.10 Å². The van der Waals surface area contributed by atoms with Crippen LogP contribution >= 0.6 is 11.6 Å². The highest BCUT2D eigenvalue weighted by atomic mass is 35.5. The summed E-state index contributed by atoms with van der Waals surface area (Å²) in [6.45, 7) is 2.45. The fraction of sp³-hybridized carbons (Fsp3) is 0.267. The van der Waals surface area contributed by atoms with Crippen molar-refractivity contribution in [2.24, 2.45) is 0 Å². The number of rotatable bonds is 5. The minimum absolute atomic E-state index is 0.170. The number of hydrogen-bond acceptors (Lipinski definition) is 3. The minimum atomic E-state index is -0.698. The van der Waals surface area contributed by atoms with Crippen molar-refractivity contribution < 1.29 is 9.50 Å². The zero-order chi connectivity index (χ0) is 14.5. The Morgan fingerprint density at radius 1 is 1.25 bits per heavy atom. The van der Waals surface area contributed by atoms with E-state index < -0.39 is 6.10 Å². The van der Waals surface area contributed by atoms with Crippen LogP contribution in [0.3, 0.4) is 0 Å². The Kier molecular flexibility index (Phi) is 5.06. The van der Waals surface area contributed by atoms with Crippen LogP contribution in [0.1, 0.15) is 24.2 Å². The number of pyridine rings is 1. The van der Waals surface area contributed by atoms with Crippen LogP contribution in [0.15, 0.2) is 42.6 Å². The molecule has 1 heterocycles. The second-order valence-electron chi connectivity index (χ2n) is 4.66. The molecule has 0 radical (unpaired) electrons. The topological polar surface area (TPSA) is 45.2 Å². The van der Waals surface area contributed by atoms with Gasteiger partial charge >= 0.3 is 0 Å². The number of aliphatic hydroxyl groups excluding tert-OH is 1. The van der Waals surface area contributed by atoms with Crippen molar-refractivity contribution in [3.8, 4) is 0 Å². The van der Waals surface area contributed by atoms with E-state index in [-0.39, 0.29) is 11.9 Å². The van der Waals surface area contributed by atoms with Crippen molar-refractivity contribution >= 4 is 11.6 Å².